The number of carbonyl (C=O) groups excluding carboxylic acids is 1. The predicted octanol–water partition coefficient (Wildman–Crippen LogP) is 4.80. The van der Waals surface area contributed by atoms with Crippen LogP contribution in [0.3, 0.4) is 0 Å². The number of benzene rings is 1. The lowest BCUT2D eigenvalue weighted by molar-refractivity contribution is 0.0602. The molecule has 0 saturated carbocycles. The van der Waals surface area contributed by atoms with Gasteiger partial charge in [-0.05, 0) is 42.9 Å². The Labute approximate surface area is 129 Å². The van der Waals surface area contributed by atoms with Crippen LogP contribution in [0.5, 0.6) is 0 Å². The first-order valence-corrected chi connectivity index (χ1v) is 7.54. The van der Waals surface area contributed by atoms with Gasteiger partial charge >= 0.3 is 0 Å². The summed E-state index contributed by atoms with van der Waals surface area (Å²) in [6.45, 7) is 2.87. The lowest BCUT2D eigenvalue weighted by Gasteiger charge is -2.24. The third-order valence-corrected chi connectivity index (χ3v) is 4.28. The molecule has 2 nitrogen and oxygen atoms in total. The minimum atomic E-state index is -0.128. The number of carbonyl (C=O) groups is 1. The van der Waals surface area contributed by atoms with Crippen LogP contribution < -0.4 is 0 Å². The molecule has 0 radical (unpaired) electrons. The minimum Gasteiger partial charge on any atom is -0.373 e. The number of ether oxygens (including phenoxy) is 1. The highest BCUT2D eigenvalue weighted by atomic mass is 35.5. The Kier molecular flexibility index (Phi) is 5.64. The van der Waals surface area contributed by atoms with E-state index in [-0.39, 0.29) is 12.4 Å². The Morgan fingerprint density at radius 1 is 1.30 bits per heavy atom. The van der Waals surface area contributed by atoms with Crippen molar-refractivity contribution in [1.29, 1.82) is 0 Å². The van der Waals surface area contributed by atoms with E-state index in [2.05, 4.69) is 19.1 Å². The van der Waals surface area contributed by atoms with Crippen LogP contribution in [-0.2, 0) is 4.74 Å². The predicted molar refractivity (Wildman–Crippen MR) is 82.6 cm³/mol. The smallest absolute Gasteiger partial charge is 0.190 e. The van der Waals surface area contributed by atoms with Gasteiger partial charge in [-0.25, -0.2) is 0 Å². The summed E-state index contributed by atoms with van der Waals surface area (Å²) >= 11 is 11.9. The van der Waals surface area contributed by atoms with Crippen LogP contribution in [-0.4, -0.2) is 19.0 Å². The zero-order valence-electron chi connectivity index (χ0n) is 11.4. The van der Waals surface area contributed by atoms with Gasteiger partial charge in [-0.15, -0.1) is 0 Å². The van der Waals surface area contributed by atoms with Crippen molar-refractivity contribution in [3.63, 3.8) is 0 Å². The van der Waals surface area contributed by atoms with Crippen molar-refractivity contribution in [2.24, 2.45) is 11.8 Å². The van der Waals surface area contributed by atoms with Crippen LogP contribution in [0.1, 0.15) is 30.1 Å². The third kappa shape index (κ3) is 4.08. The highest BCUT2D eigenvalue weighted by Crippen LogP contribution is 2.25. The molecule has 1 aromatic rings. The van der Waals surface area contributed by atoms with Crippen molar-refractivity contribution in [2.75, 3.05) is 13.2 Å². The fourth-order valence-corrected chi connectivity index (χ4v) is 2.73. The average molecular weight is 313 g/mol. The van der Waals surface area contributed by atoms with Gasteiger partial charge in [-0.1, -0.05) is 42.3 Å². The van der Waals surface area contributed by atoms with Crippen LogP contribution in [0.15, 0.2) is 30.4 Å². The molecule has 4 heteroatoms. The molecule has 2 atom stereocenters. The highest BCUT2D eigenvalue weighted by molar-refractivity contribution is 6.35. The van der Waals surface area contributed by atoms with Gasteiger partial charge in [0.05, 0.1) is 11.6 Å². The van der Waals surface area contributed by atoms with Crippen LogP contribution in [0.25, 0.3) is 0 Å². The maximum Gasteiger partial charge on any atom is 0.190 e. The zero-order valence-corrected chi connectivity index (χ0v) is 13.0. The summed E-state index contributed by atoms with van der Waals surface area (Å²) in [5.74, 6) is 0.962. The zero-order chi connectivity index (χ0) is 14.5. The number of hydrogen-bond donors (Lipinski definition) is 0. The van der Waals surface area contributed by atoms with Crippen molar-refractivity contribution >= 4 is 29.0 Å². The summed E-state index contributed by atoms with van der Waals surface area (Å²) in [6, 6.07) is 4.88. The van der Waals surface area contributed by atoms with Crippen molar-refractivity contribution in [3.8, 4) is 0 Å². The molecule has 20 heavy (non-hydrogen) atoms. The molecule has 1 aliphatic rings. The summed E-state index contributed by atoms with van der Waals surface area (Å²) in [6.07, 6.45) is 6.50. The third-order valence-electron chi connectivity index (χ3n) is 3.71. The van der Waals surface area contributed by atoms with Gasteiger partial charge in [0.25, 0.3) is 0 Å². The monoisotopic (exact) mass is 312 g/mol. The molecule has 0 heterocycles. The maximum absolute atomic E-state index is 12.1. The Balaban J connectivity index is 1.86. The molecular weight excluding hydrogens is 295 g/mol. The summed E-state index contributed by atoms with van der Waals surface area (Å²) in [4.78, 5) is 12.1. The van der Waals surface area contributed by atoms with Gasteiger partial charge in [0.2, 0.25) is 0 Å². The van der Waals surface area contributed by atoms with Gasteiger partial charge in [0.15, 0.2) is 5.78 Å². The number of halogens is 2. The first-order valence-electron chi connectivity index (χ1n) is 6.79. The SMILES string of the molecule is CC1CC=CCC1COCC(=O)c1cc(Cl)ccc1Cl. The number of ketones is 1. The first kappa shape index (κ1) is 15.6. The average Bonchev–Trinajstić information content (AvgIpc) is 2.43. The maximum atomic E-state index is 12.1. The Morgan fingerprint density at radius 2 is 2.05 bits per heavy atom. The van der Waals surface area contributed by atoms with E-state index in [1.807, 2.05) is 0 Å². The normalized spacial score (nSPS) is 21.9. The van der Waals surface area contributed by atoms with Crippen molar-refractivity contribution in [3.05, 3.63) is 46.0 Å². The van der Waals surface area contributed by atoms with E-state index in [1.165, 1.54) is 0 Å². The molecule has 0 aromatic heterocycles. The van der Waals surface area contributed by atoms with Crippen LogP contribution >= 0.6 is 23.2 Å². The second kappa shape index (κ2) is 7.26. The Hall–Kier alpha value is -0.830. The number of Topliss-reactive ketones (excluding diaryl/α,β-unsaturated/α-hetero) is 1. The largest absolute Gasteiger partial charge is 0.373 e. The molecule has 0 bridgehead atoms. The van der Waals surface area contributed by atoms with Crippen molar-refractivity contribution in [2.45, 2.75) is 19.8 Å². The first-order chi connectivity index (χ1) is 9.58. The van der Waals surface area contributed by atoms with E-state index in [0.717, 1.165) is 12.8 Å². The molecule has 2 rings (SSSR count). The topological polar surface area (TPSA) is 26.3 Å². The molecule has 2 unspecified atom stereocenters. The summed E-state index contributed by atoms with van der Waals surface area (Å²) in [7, 11) is 0. The molecule has 0 saturated heterocycles. The fourth-order valence-electron chi connectivity index (χ4n) is 2.33. The van der Waals surface area contributed by atoms with E-state index in [0.29, 0.717) is 34.1 Å². The molecule has 0 spiro atoms. The van der Waals surface area contributed by atoms with Crippen molar-refractivity contribution < 1.29 is 9.53 Å². The van der Waals surface area contributed by atoms with Gasteiger partial charge in [-0.3, -0.25) is 4.79 Å². The number of allylic oxidation sites excluding steroid dienone is 2. The van der Waals surface area contributed by atoms with Crippen LogP contribution in [0, 0.1) is 11.8 Å². The molecule has 0 amide bonds. The van der Waals surface area contributed by atoms with E-state index < -0.39 is 0 Å². The minimum absolute atomic E-state index is 0.0486. The molecular formula is C16H18Cl2O2. The second-order valence-corrected chi connectivity index (χ2v) is 6.09. The molecule has 0 fully saturated rings. The molecule has 0 N–H and O–H groups in total. The van der Waals surface area contributed by atoms with E-state index in [4.69, 9.17) is 27.9 Å². The lowest BCUT2D eigenvalue weighted by atomic mass is 9.85. The molecule has 0 aliphatic heterocycles. The molecule has 1 aromatic carbocycles. The van der Waals surface area contributed by atoms with Gasteiger partial charge in [0.1, 0.15) is 6.61 Å². The fraction of sp³-hybridized carbons (Fsp3) is 0.438. The summed E-state index contributed by atoms with van der Waals surface area (Å²) in [5.41, 5.74) is 0.427. The summed E-state index contributed by atoms with van der Waals surface area (Å²) in [5, 5.41) is 0.917. The quantitative estimate of drug-likeness (QED) is 0.577. The lowest BCUT2D eigenvalue weighted by Crippen LogP contribution is -2.21. The second-order valence-electron chi connectivity index (χ2n) is 5.24. The highest BCUT2D eigenvalue weighted by Gasteiger charge is 2.19. The summed E-state index contributed by atoms with van der Waals surface area (Å²) < 4.78 is 5.57. The Morgan fingerprint density at radius 3 is 2.80 bits per heavy atom. The standard InChI is InChI=1S/C16H18Cl2O2/c1-11-4-2-3-5-12(11)9-20-10-16(19)14-8-13(17)6-7-15(14)18/h2-3,6-8,11-12H,4-5,9-10H2,1H3. The molecule has 1 aliphatic carbocycles. The molecule has 108 valence electrons. The van der Waals surface area contributed by atoms with Gasteiger partial charge in [0, 0.05) is 10.6 Å². The number of hydrogen-bond acceptors (Lipinski definition) is 2. The van der Waals surface area contributed by atoms with Crippen LogP contribution in [0.4, 0.5) is 0 Å². The van der Waals surface area contributed by atoms with Gasteiger partial charge < -0.3 is 4.74 Å². The van der Waals surface area contributed by atoms with Crippen molar-refractivity contribution in [1.82, 2.24) is 0 Å². The van der Waals surface area contributed by atoms with Gasteiger partial charge in [-0.2, -0.15) is 0 Å². The van der Waals surface area contributed by atoms with Crippen LogP contribution in [0.2, 0.25) is 10.0 Å². The van der Waals surface area contributed by atoms with E-state index in [1.54, 1.807) is 18.2 Å². The number of rotatable bonds is 5. The van der Waals surface area contributed by atoms with E-state index >= 15 is 0 Å². The Bertz CT molecular complexity index is 511. The van der Waals surface area contributed by atoms with E-state index in [9.17, 15) is 4.79 Å².